The Bertz CT molecular complexity index is 587. The van der Waals surface area contributed by atoms with Gasteiger partial charge in [-0.2, -0.15) is 5.26 Å². The van der Waals surface area contributed by atoms with E-state index in [-0.39, 0.29) is 6.04 Å². The van der Waals surface area contributed by atoms with E-state index < -0.39 is 0 Å². The lowest BCUT2D eigenvalue weighted by Gasteiger charge is -2.27. The van der Waals surface area contributed by atoms with Crippen molar-refractivity contribution in [2.45, 2.75) is 25.9 Å². The van der Waals surface area contributed by atoms with Gasteiger partial charge in [0.1, 0.15) is 0 Å². The third kappa shape index (κ3) is 3.23. The number of hydrogen-bond donors (Lipinski definition) is 0. The highest BCUT2D eigenvalue weighted by molar-refractivity contribution is 5.37. The van der Waals surface area contributed by atoms with Crippen LogP contribution < -0.4 is 0 Å². The SMILES string of the molecule is CC[C@@H](c1ccccn1)N(C)Cc1ccccc1C#N. The Hall–Kier alpha value is -2.18. The normalized spacial score (nSPS) is 12.1. The van der Waals surface area contributed by atoms with E-state index in [0.29, 0.717) is 0 Å². The van der Waals surface area contributed by atoms with Crippen molar-refractivity contribution in [3.63, 3.8) is 0 Å². The van der Waals surface area contributed by atoms with Crippen LogP contribution in [0.4, 0.5) is 0 Å². The van der Waals surface area contributed by atoms with Crippen LogP contribution in [0.25, 0.3) is 0 Å². The molecule has 0 saturated heterocycles. The number of pyridine rings is 1. The summed E-state index contributed by atoms with van der Waals surface area (Å²) in [6.45, 7) is 2.91. The Morgan fingerprint density at radius 3 is 2.60 bits per heavy atom. The number of nitriles is 1. The molecule has 0 amide bonds. The number of hydrogen-bond acceptors (Lipinski definition) is 3. The van der Waals surface area contributed by atoms with Gasteiger partial charge in [-0.05, 0) is 37.2 Å². The van der Waals surface area contributed by atoms with Gasteiger partial charge in [0.15, 0.2) is 0 Å². The first kappa shape index (κ1) is 14.2. The summed E-state index contributed by atoms with van der Waals surface area (Å²) >= 11 is 0. The molecule has 20 heavy (non-hydrogen) atoms. The fourth-order valence-electron chi connectivity index (χ4n) is 2.47. The molecule has 0 radical (unpaired) electrons. The number of nitrogens with zero attached hydrogens (tertiary/aromatic N) is 3. The molecule has 2 rings (SSSR count). The first-order valence-corrected chi connectivity index (χ1v) is 6.85. The van der Waals surface area contributed by atoms with Gasteiger partial charge in [-0.1, -0.05) is 31.2 Å². The van der Waals surface area contributed by atoms with Gasteiger partial charge in [0.05, 0.1) is 23.4 Å². The lowest BCUT2D eigenvalue weighted by Crippen LogP contribution is -2.24. The first-order valence-electron chi connectivity index (χ1n) is 6.85. The lowest BCUT2D eigenvalue weighted by molar-refractivity contribution is 0.226. The highest BCUT2D eigenvalue weighted by atomic mass is 15.1. The van der Waals surface area contributed by atoms with Crippen LogP contribution in [0.1, 0.15) is 36.2 Å². The van der Waals surface area contributed by atoms with E-state index in [1.807, 2.05) is 42.6 Å². The van der Waals surface area contributed by atoms with Crippen LogP contribution in [-0.4, -0.2) is 16.9 Å². The molecule has 0 spiro atoms. The summed E-state index contributed by atoms with van der Waals surface area (Å²) in [5.41, 5.74) is 2.88. The van der Waals surface area contributed by atoms with Crippen LogP contribution in [-0.2, 0) is 6.54 Å². The van der Waals surface area contributed by atoms with E-state index in [2.05, 4.69) is 36.0 Å². The van der Waals surface area contributed by atoms with Crippen molar-refractivity contribution in [1.82, 2.24) is 9.88 Å². The van der Waals surface area contributed by atoms with Crippen LogP contribution in [0.5, 0.6) is 0 Å². The zero-order valence-electron chi connectivity index (χ0n) is 12.0. The molecule has 102 valence electrons. The molecular formula is C17H19N3. The van der Waals surface area contributed by atoms with E-state index in [9.17, 15) is 0 Å². The number of benzene rings is 1. The Morgan fingerprint density at radius 1 is 1.20 bits per heavy atom. The van der Waals surface area contributed by atoms with Crippen LogP contribution in [0.2, 0.25) is 0 Å². The molecule has 3 nitrogen and oxygen atoms in total. The fraction of sp³-hybridized carbons (Fsp3) is 0.294. The third-order valence-corrected chi connectivity index (χ3v) is 3.51. The van der Waals surface area contributed by atoms with Gasteiger partial charge >= 0.3 is 0 Å². The summed E-state index contributed by atoms with van der Waals surface area (Å²) in [6.07, 6.45) is 2.82. The summed E-state index contributed by atoms with van der Waals surface area (Å²) in [6, 6.07) is 16.3. The first-order chi connectivity index (χ1) is 9.76. The van der Waals surface area contributed by atoms with Crippen molar-refractivity contribution in [2.24, 2.45) is 0 Å². The third-order valence-electron chi connectivity index (χ3n) is 3.51. The van der Waals surface area contributed by atoms with E-state index in [1.165, 1.54) is 0 Å². The van der Waals surface area contributed by atoms with Gasteiger partial charge in [0, 0.05) is 12.7 Å². The number of aromatic nitrogens is 1. The second kappa shape index (κ2) is 6.83. The molecule has 0 aliphatic carbocycles. The average Bonchev–Trinajstić information content (AvgIpc) is 2.49. The standard InChI is InChI=1S/C17H19N3/c1-3-17(16-10-6-7-11-19-16)20(2)13-15-9-5-4-8-14(15)12-18/h4-11,17H,3,13H2,1-2H3/t17-/m0/s1. The summed E-state index contributed by atoms with van der Waals surface area (Å²) in [4.78, 5) is 6.70. The zero-order chi connectivity index (χ0) is 14.4. The molecule has 1 aromatic carbocycles. The molecule has 1 heterocycles. The van der Waals surface area contributed by atoms with Crippen LogP contribution >= 0.6 is 0 Å². The van der Waals surface area contributed by atoms with E-state index >= 15 is 0 Å². The highest BCUT2D eigenvalue weighted by Crippen LogP contribution is 2.23. The molecule has 0 aliphatic heterocycles. The van der Waals surface area contributed by atoms with Crippen LogP contribution in [0, 0.1) is 11.3 Å². The Labute approximate surface area is 120 Å². The van der Waals surface area contributed by atoms with Crippen molar-refractivity contribution in [2.75, 3.05) is 7.05 Å². The van der Waals surface area contributed by atoms with E-state index in [4.69, 9.17) is 5.26 Å². The smallest absolute Gasteiger partial charge is 0.0995 e. The maximum Gasteiger partial charge on any atom is 0.0995 e. The maximum absolute atomic E-state index is 9.16. The molecule has 0 bridgehead atoms. The zero-order valence-corrected chi connectivity index (χ0v) is 12.0. The maximum atomic E-state index is 9.16. The van der Waals surface area contributed by atoms with Gasteiger partial charge in [-0.15, -0.1) is 0 Å². The summed E-state index contributed by atoms with van der Waals surface area (Å²) in [5, 5.41) is 9.16. The van der Waals surface area contributed by atoms with Gasteiger partial charge in [0.25, 0.3) is 0 Å². The van der Waals surface area contributed by atoms with Crippen molar-refractivity contribution in [3.05, 3.63) is 65.5 Å². The summed E-state index contributed by atoms with van der Waals surface area (Å²) in [7, 11) is 2.08. The molecule has 3 heteroatoms. The predicted octanol–water partition coefficient (Wildman–Crippen LogP) is 3.54. The molecule has 0 unspecified atom stereocenters. The molecule has 1 atom stereocenters. The summed E-state index contributed by atoms with van der Waals surface area (Å²) < 4.78 is 0. The van der Waals surface area contributed by atoms with Crippen LogP contribution in [0.3, 0.4) is 0 Å². The molecule has 0 aliphatic rings. The van der Waals surface area contributed by atoms with Gasteiger partial charge in [-0.25, -0.2) is 0 Å². The van der Waals surface area contributed by atoms with Crippen molar-refractivity contribution in [3.8, 4) is 6.07 Å². The number of rotatable bonds is 5. The van der Waals surface area contributed by atoms with Gasteiger partial charge in [-0.3, -0.25) is 9.88 Å². The predicted molar refractivity (Wildman–Crippen MR) is 79.9 cm³/mol. The molecule has 0 saturated carbocycles. The van der Waals surface area contributed by atoms with Crippen molar-refractivity contribution >= 4 is 0 Å². The Morgan fingerprint density at radius 2 is 1.95 bits per heavy atom. The summed E-state index contributed by atoms with van der Waals surface area (Å²) in [5.74, 6) is 0. The highest BCUT2D eigenvalue weighted by Gasteiger charge is 2.17. The average molecular weight is 265 g/mol. The Kier molecular flexibility index (Phi) is 4.86. The lowest BCUT2D eigenvalue weighted by atomic mass is 10.1. The van der Waals surface area contributed by atoms with Gasteiger partial charge < -0.3 is 0 Å². The quantitative estimate of drug-likeness (QED) is 0.830. The topological polar surface area (TPSA) is 39.9 Å². The molecule has 1 aromatic heterocycles. The minimum absolute atomic E-state index is 0.267. The van der Waals surface area contributed by atoms with Gasteiger partial charge in [0.2, 0.25) is 0 Å². The monoisotopic (exact) mass is 265 g/mol. The largest absolute Gasteiger partial charge is 0.294 e. The molecule has 2 aromatic rings. The Balaban J connectivity index is 2.18. The molecule has 0 N–H and O–H groups in total. The molecule has 0 fully saturated rings. The van der Waals surface area contributed by atoms with Crippen LogP contribution in [0.15, 0.2) is 48.7 Å². The second-order valence-corrected chi connectivity index (χ2v) is 4.86. The minimum Gasteiger partial charge on any atom is -0.294 e. The van der Waals surface area contributed by atoms with Crippen molar-refractivity contribution < 1.29 is 0 Å². The minimum atomic E-state index is 0.267. The van der Waals surface area contributed by atoms with Crippen molar-refractivity contribution in [1.29, 1.82) is 5.26 Å². The molecular weight excluding hydrogens is 246 g/mol. The fourth-order valence-corrected chi connectivity index (χ4v) is 2.47. The van der Waals surface area contributed by atoms with E-state index in [0.717, 1.165) is 29.8 Å². The second-order valence-electron chi connectivity index (χ2n) is 4.86. The van der Waals surface area contributed by atoms with E-state index in [1.54, 1.807) is 0 Å².